The summed E-state index contributed by atoms with van der Waals surface area (Å²) in [5, 5.41) is 8.10. The van der Waals surface area contributed by atoms with E-state index in [0.717, 1.165) is 30.4 Å². The molecule has 2 aromatic rings. The molecule has 1 fully saturated rings. The minimum Gasteiger partial charge on any atom is -0.334 e. The van der Waals surface area contributed by atoms with Crippen LogP contribution in [-0.2, 0) is 0 Å². The summed E-state index contributed by atoms with van der Waals surface area (Å²) in [7, 11) is 0. The third-order valence-corrected chi connectivity index (χ3v) is 3.56. The third-order valence-electron chi connectivity index (χ3n) is 3.56. The zero-order valence-corrected chi connectivity index (χ0v) is 11.1. The quantitative estimate of drug-likeness (QED) is 0.820. The molecule has 3 heterocycles. The molecule has 1 aliphatic heterocycles. The van der Waals surface area contributed by atoms with Gasteiger partial charge >= 0.3 is 0 Å². The Morgan fingerprint density at radius 2 is 2.17 bits per heavy atom. The van der Waals surface area contributed by atoms with Gasteiger partial charge in [-0.3, -0.25) is 0 Å². The van der Waals surface area contributed by atoms with Crippen molar-refractivity contribution in [2.75, 3.05) is 18.0 Å². The summed E-state index contributed by atoms with van der Waals surface area (Å²) in [5.41, 5.74) is 2.03. The van der Waals surface area contributed by atoms with Crippen molar-refractivity contribution in [3.8, 4) is 0 Å². The van der Waals surface area contributed by atoms with Crippen molar-refractivity contribution in [1.82, 2.24) is 19.9 Å². The summed E-state index contributed by atoms with van der Waals surface area (Å²) in [6.45, 7) is 8.39. The molecule has 2 unspecified atom stereocenters. The van der Waals surface area contributed by atoms with Crippen molar-refractivity contribution in [2.45, 2.75) is 32.9 Å². The summed E-state index contributed by atoms with van der Waals surface area (Å²) in [4.78, 5) is 6.92. The van der Waals surface area contributed by atoms with Gasteiger partial charge < -0.3 is 10.2 Å². The van der Waals surface area contributed by atoms with Crippen LogP contribution in [0.3, 0.4) is 0 Å². The van der Waals surface area contributed by atoms with E-state index in [-0.39, 0.29) is 0 Å². The number of pyridine rings is 1. The number of hydrogen-bond acceptors (Lipinski definition) is 4. The van der Waals surface area contributed by atoms with Crippen molar-refractivity contribution < 1.29 is 0 Å². The van der Waals surface area contributed by atoms with E-state index in [2.05, 4.69) is 47.1 Å². The first-order valence-corrected chi connectivity index (χ1v) is 6.47. The van der Waals surface area contributed by atoms with Gasteiger partial charge in [0.1, 0.15) is 0 Å². The van der Waals surface area contributed by atoms with E-state index in [1.165, 1.54) is 0 Å². The Morgan fingerprint density at radius 3 is 2.94 bits per heavy atom. The van der Waals surface area contributed by atoms with E-state index in [9.17, 15) is 0 Å². The van der Waals surface area contributed by atoms with Crippen LogP contribution >= 0.6 is 0 Å². The molecule has 0 spiro atoms. The smallest absolute Gasteiger partial charge is 0.246 e. The summed E-state index contributed by atoms with van der Waals surface area (Å²) >= 11 is 0. The normalized spacial score (nSPS) is 24.7. The number of aryl methyl sites for hydroxylation is 1. The molecule has 1 saturated heterocycles. The van der Waals surface area contributed by atoms with Gasteiger partial charge in [0.05, 0.1) is 0 Å². The number of aromatic nitrogens is 3. The van der Waals surface area contributed by atoms with Crippen molar-refractivity contribution in [3.05, 3.63) is 23.9 Å². The molecule has 5 heteroatoms. The van der Waals surface area contributed by atoms with Crippen LogP contribution in [0.15, 0.2) is 18.2 Å². The van der Waals surface area contributed by atoms with Gasteiger partial charge in [0.2, 0.25) is 5.95 Å². The molecule has 1 N–H and O–H groups in total. The molecule has 96 valence electrons. The van der Waals surface area contributed by atoms with Crippen LogP contribution in [0.4, 0.5) is 5.95 Å². The maximum atomic E-state index is 4.63. The number of nitrogens with one attached hydrogen (secondary N) is 1. The Hall–Kier alpha value is -1.62. The summed E-state index contributed by atoms with van der Waals surface area (Å²) in [5.74, 6) is 0.838. The first kappa shape index (κ1) is 11.5. The van der Waals surface area contributed by atoms with Crippen LogP contribution in [0.5, 0.6) is 0 Å². The highest BCUT2D eigenvalue weighted by molar-refractivity contribution is 5.46. The lowest BCUT2D eigenvalue weighted by atomic mass is 10.1. The van der Waals surface area contributed by atoms with Gasteiger partial charge in [-0.25, -0.2) is 4.52 Å². The van der Waals surface area contributed by atoms with Crippen molar-refractivity contribution >= 4 is 11.6 Å². The first-order valence-electron chi connectivity index (χ1n) is 6.47. The van der Waals surface area contributed by atoms with Crippen LogP contribution in [-0.4, -0.2) is 39.8 Å². The highest BCUT2D eigenvalue weighted by Crippen LogP contribution is 2.17. The minimum atomic E-state index is 0.430. The van der Waals surface area contributed by atoms with E-state index >= 15 is 0 Å². The molecule has 1 aliphatic rings. The average molecular weight is 245 g/mol. The van der Waals surface area contributed by atoms with Crippen LogP contribution in [0.2, 0.25) is 0 Å². The highest BCUT2D eigenvalue weighted by Gasteiger charge is 2.25. The molecule has 0 aliphatic carbocycles. The zero-order chi connectivity index (χ0) is 12.7. The molecule has 0 radical (unpaired) electrons. The van der Waals surface area contributed by atoms with E-state index in [1.807, 2.05) is 16.6 Å². The number of nitrogens with zero attached hydrogens (tertiary/aromatic N) is 4. The Balaban J connectivity index is 2.00. The lowest BCUT2D eigenvalue weighted by Gasteiger charge is -2.36. The maximum Gasteiger partial charge on any atom is 0.246 e. The average Bonchev–Trinajstić information content (AvgIpc) is 2.77. The van der Waals surface area contributed by atoms with Crippen molar-refractivity contribution in [2.24, 2.45) is 0 Å². The molecule has 2 aromatic heterocycles. The Labute approximate surface area is 107 Å². The van der Waals surface area contributed by atoms with E-state index < -0.39 is 0 Å². The van der Waals surface area contributed by atoms with Gasteiger partial charge in [-0.15, -0.1) is 5.10 Å². The molecule has 5 nitrogen and oxygen atoms in total. The van der Waals surface area contributed by atoms with Crippen molar-refractivity contribution in [1.29, 1.82) is 0 Å². The van der Waals surface area contributed by atoms with Gasteiger partial charge in [0.15, 0.2) is 5.65 Å². The number of rotatable bonds is 1. The molecule has 0 saturated carbocycles. The maximum absolute atomic E-state index is 4.63. The third kappa shape index (κ3) is 1.84. The topological polar surface area (TPSA) is 45.5 Å². The number of piperazine rings is 1. The molecule has 3 rings (SSSR count). The summed E-state index contributed by atoms with van der Waals surface area (Å²) in [6.07, 6.45) is 0. The molecule has 18 heavy (non-hydrogen) atoms. The number of anilines is 1. The van der Waals surface area contributed by atoms with Crippen LogP contribution in [0, 0.1) is 6.92 Å². The molecular weight excluding hydrogens is 226 g/mol. The molecular formula is C13H19N5. The SMILES string of the molecule is Cc1cccc2nc(N3CC(C)NCC3C)nn12. The number of hydrogen-bond donors (Lipinski definition) is 1. The predicted octanol–water partition coefficient (Wildman–Crippen LogP) is 1.22. The van der Waals surface area contributed by atoms with Crippen LogP contribution in [0.25, 0.3) is 5.65 Å². The fourth-order valence-corrected chi connectivity index (χ4v) is 2.45. The van der Waals surface area contributed by atoms with Crippen LogP contribution < -0.4 is 10.2 Å². The zero-order valence-electron chi connectivity index (χ0n) is 11.1. The first-order chi connectivity index (χ1) is 8.65. The molecule has 0 bridgehead atoms. The molecule has 0 amide bonds. The van der Waals surface area contributed by atoms with Gasteiger partial charge in [0.25, 0.3) is 0 Å². The van der Waals surface area contributed by atoms with Crippen molar-refractivity contribution in [3.63, 3.8) is 0 Å². The van der Waals surface area contributed by atoms with Gasteiger partial charge in [0, 0.05) is 30.9 Å². The Morgan fingerprint density at radius 1 is 1.33 bits per heavy atom. The van der Waals surface area contributed by atoms with E-state index in [4.69, 9.17) is 0 Å². The van der Waals surface area contributed by atoms with Gasteiger partial charge in [-0.2, -0.15) is 4.98 Å². The minimum absolute atomic E-state index is 0.430. The Kier molecular flexibility index (Phi) is 2.70. The second-order valence-electron chi connectivity index (χ2n) is 5.16. The van der Waals surface area contributed by atoms with Gasteiger partial charge in [-0.05, 0) is 32.9 Å². The second kappa shape index (κ2) is 4.24. The summed E-state index contributed by atoms with van der Waals surface area (Å²) in [6, 6.07) is 6.98. The molecule has 0 aromatic carbocycles. The van der Waals surface area contributed by atoms with E-state index in [0.29, 0.717) is 12.1 Å². The lowest BCUT2D eigenvalue weighted by molar-refractivity contribution is 0.420. The molecule has 2 atom stereocenters. The fourth-order valence-electron chi connectivity index (χ4n) is 2.45. The standard InChI is InChI=1S/C13H19N5/c1-9-8-17(11(3)7-14-9)13-15-12-6-4-5-10(2)18(12)16-13/h4-6,9,11,14H,7-8H2,1-3H3. The second-order valence-corrected chi connectivity index (χ2v) is 5.16. The van der Waals surface area contributed by atoms with Crippen LogP contribution in [0.1, 0.15) is 19.5 Å². The monoisotopic (exact) mass is 245 g/mol. The number of fused-ring (bicyclic) bond motifs is 1. The Bertz CT molecular complexity index is 562. The predicted molar refractivity (Wildman–Crippen MR) is 72.0 cm³/mol. The highest BCUT2D eigenvalue weighted by atomic mass is 15.4. The largest absolute Gasteiger partial charge is 0.334 e. The fraction of sp³-hybridized carbons (Fsp3) is 0.538. The summed E-state index contributed by atoms with van der Waals surface area (Å²) < 4.78 is 1.91. The van der Waals surface area contributed by atoms with E-state index in [1.54, 1.807) is 0 Å². The van der Waals surface area contributed by atoms with Gasteiger partial charge in [-0.1, -0.05) is 6.07 Å². The lowest BCUT2D eigenvalue weighted by Crippen LogP contribution is -2.54.